The molecule has 86 valence electrons. The van der Waals surface area contributed by atoms with Gasteiger partial charge in [0.1, 0.15) is 0 Å². The molecule has 3 aliphatic rings. The molecule has 1 spiro atoms. The van der Waals surface area contributed by atoms with Crippen molar-refractivity contribution in [2.75, 3.05) is 5.75 Å². The smallest absolute Gasteiger partial charge is 0.212 e. The van der Waals surface area contributed by atoms with Crippen LogP contribution >= 0.6 is 0 Å². The van der Waals surface area contributed by atoms with E-state index in [4.69, 9.17) is 0 Å². The summed E-state index contributed by atoms with van der Waals surface area (Å²) in [4.78, 5) is 0. The Morgan fingerprint density at radius 2 is 2.07 bits per heavy atom. The lowest BCUT2D eigenvalue weighted by Gasteiger charge is -2.35. The summed E-state index contributed by atoms with van der Waals surface area (Å²) in [6.45, 7) is 4.22. The first-order valence-corrected chi connectivity index (χ1v) is 7.13. The fourth-order valence-electron chi connectivity index (χ4n) is 4.28. The van der Waals surface area contributed by atoms with Crippen LogP contribution in [0, 0.1) is 16.7 Å². The number of nitrogens with one attached hydrogen (secondary N) is 1. The fraction of sp³-hybridized carbons (Fsp3) is 1.00. The molecule has 2 bridgehead atoms. The molecule has 5 heteroatoms. The lowest BCUT2D eigenvalue weighted by Crippen LogP contribution is -2.45. The number of aliphatic hydroxyl groups excluding tert-OH is 1. The molecule has 2 aliphatic carbocycles. The molecule has 0 unspecified atom stereocenters. The molecule has 2 N–H and O–H groups in total. The molecule has 1 saturated heterocycles. The zero-order valence-corrected chi connectivity index (χ0v) is 9.84. The predicted molar refractivity (Wildman–Crippen MR) is 55.7 cm³/mol. The molecule has 0 aromatic carbocycles. The van der Waals surface area contributed by atoms with Gasteiger partial charge in [-0.25, -0.2) is 13.1 Å². The Morgan fingerprint density at radius 1 is 1.40 bits per heavy atom. The van der Waals surface area contributed by atoms with Gasteiger partial charge < -0.3 is 5.11 Å². The Hall–Kier alpha value is -0.130. The number of aliphatic hydroxyl groups is 1. The van der Waals surface area contributed by atoms with Gasteiger partial charge in [-0.05, 0) is 24.2 Å². The van der Waals surface area contributed by atoms with Crippen LogP contribution in [-0.4, -0.2) is 31.4 Å². The van der Waals surface area contributed by atoms with Crippen molar-refractivity contribution >= 4 is 10.0 Å². The first-order chi connectivity index (χ1) is 6.80. The van der Waals surface area contributed by atoms with Crippen LogP contribution in [-0.2, 0) is 10.0 Å². The number of rotatable bonds is 0. The van der Waals surface area contributed by atoms with Crippen LogP contribution < -0.4 is 4.72 Å². The van der Waals surface area contributed by atoms with Crippen molar-refractivity contribution in [3.8, 4) is 0 Å². The van der Waals surface area contributed by atoms with Gasteiger partial charge in [-0.2, -0.15) is 0 Å². The monoisotopic (exact) mass is 231 g/mol. The van der Waals surface area contributed by atoms with Crippen molar-refractivity contribution in [1.29, 1.82) is 0 Å². The van der Waals surface area contributed by atoms with E-state index < -0.39 is 16.1 Å². The molecule has 0 aromatic rings. The minimum atomic E-state index is -3.16. The molecule has 3 fully saturated rings. The van der Waals surface area contributed by atoms with Crippen molar-refractivity contribution in [3.63, 3.8) is 0 Å². The maximum atomic E-state index is 11.6. The van der Waals surface area contributed by atoms with E-state index in [9.17, 15) is 13.5 Å². The van der Waals surface area contributed by atoms with Gasteiger partial charge in [0.15, 0.2) is 0 Å². The van der Waals surface area contributed by atoms with Gasteiger partial charge in [0.2, 0.25) is 10.0 Å². The van der Waals surface area contributed by atoms with E-state index in [-0.39, 0.29) is 28.5 Å². The van der Waals surface area contributed by atoms with Gasteiger partial charge >= 0.3 is 0 Å². The SMILES string of the molecule is CC1(C)[C@@H]2CC[C@@]13CS(=O)(=O)N[C@@H]3[C@@H]2O. The normalized spacial score (nSPS) is 54.5. The molecule has 15 heavy (non-hydrogen) atoms. The van der Waals surface area contributed by atoms with E-state index in [1.807, 2.05) is 0 Å². The highest BCUT2D eigenvalue weighted by molar-refractivity contribution is 7.89. The van der Waals surface area contributed by atoms with Crippen LogP contribution in [0.1, 0.15) is 26.7 Å². The predicted octanol–water partition coefficient (Wildman–Crippen LogP) is 0.0851. The highest BCUT2D eigenvalue weighted by Gasteiger charge is 2.72. The van der Waals surface area contributed by atoms with Gasteiger partial charge in [0, 0.05) is 5.41 Å². The third-order valence-corrected chi connectivity index (χ3v) is 6.72. The summed E-state index contributed by atoms with van der Waals surface area (Å²) < 4.78 is 25.9. The van der Waals surface area contributed by atoms with Crippen LogP contribution in [0.2, 0.25) is 0 Å². The summed E-state index contributed by atoms with van der Waals surface area (Å²) >= 11 is 0. The number of fused-ring (bicyclic) bond motifs is 1. The standard InChI is InChI=1S/C10H17NO3S/c1-9(2)6-3-4-10(9)5-15(13,14)11-8(10)7(6)12/h6-8,11-12H,3-5H2,1-2H3/t6-,7-,8-,10+/m1/s1. The highest BCUT2D eigenvalue weighted by Crippen LogP contribution is 2.67. The minimum absolute atomic E-state index is 0.0619. The molecular weight excluding hydrogens is 214 g/mol. The first kappa shape index (κ1) is 10.1. The summed E-state index contributed by atoms with van der Waals surface area (Å²) in [5.74, 6) is 0.455. The van der Waals surface area contributed by atoms with E-state index >= 15 is 0 Å². The Balaban J connectivity index is 2.16. The zero-order chi connectivity index (χ0) is 11.1. The summed E-state index contributed by atoms with van der Waals surface area (Å²) in [7, 11) is -3.16. The second kappa shape index (κ2) is 2.41. The van der Waals surface area contributed by atoms with Gasteiger partial charge in [-0.1, -0.05) is 13.8 Å². The quantitative estimate of drug-likeness (QED) is 0.620. The zero-order valence-electron chi connectivity index (χ0n) is 9.03. The Kier molecular flexibility index (Phi) is 1.62. The largest absolute Gasteiger partial charge is 0.391 e. The lowest BCUT2D eigenvalue weighted by molar-refractivity contribution is 0.0744. The highest BCUT2D eigenvalue weighted by atomic mass is 32.2. The Labute approximate surface area is 90.1 Å². The molecule has 0 radical (unpaired) electrons. The van der Waals surface area contributed by atoms with Crippen LogP contribution in [0.4, 0.5) is 0 Å². The maximum absolute atomic E-state index is 11.6. The van der Waals surface area contributed by atoms with Crippen LogP contribution in [0.15, 0.2) is 0 Å². The molecule has 0 amide bonds. The summed E-state index contributed by atoms with van der Waals surface area (Å²) in [5, 5.41) is 10.1. The van der Waals surface area contributed by atoms with E-state index in [1.165, 1.54) is 0 Å². The number of sulfonamides is 1. The average Bonchev–Trinajstić information content (AvgIpc) is 2.54. The van der Waals surface area contributed by atoms with Crippen LogP contribution in [0.5, 0.6) is 0 Å². The molecule has 3 rings (SSSR count). The molecule has 2 saturated carbocycles. The minimum Gasteiger partial charge on any atom is -0.391 e. The summed E-state index contributed by atoms with van der Waals surface area (Å²) in [6.07, 6.45) is 1.39. The third-order valence-electron chi connectivity index (χ3n) is 5.21. The first-order valence-electron chi connectivity index (χ1n) is 5.48. The molecule has 1 heterocycles. The van der Waals surface area contributed by atoms with Crippen LogP contribution in [0.25, 0.3) is 0 Å². The number of hydrogen-bond donors (Lipinski definition) is 2. The van der Waals surface area contributed by atoms with Gasteiger partial charge in [-0.3, -0.25) is 0 Å². The lowest BCUT2D eigenvalue weighted by atomic mass is 9.69. The Bertz CT molecular complexity index is 416. The second-order valence-corrected chi connectivity index (χ2v) is 7.62. The molecule has 4 atom stereocenters. The maximum Gasteiger partial charge on any atom is 0.212 e. The van der Waals surface area contributed by atoms with Crippen molar-refractivity contribution in [2.45, 2.75) is 38.8 Å². The van der Waals surface area contributed by atoms with Crippen molar-refractivity contribution < 1.29 is 13.5 Å². The van der Waals surface area contributed by atoms with Crippen molar-refractivity contribution in [1.82, 2.24) is 4.72 Å². The van der Waals surface area contributed by atoms with E-state index in [0.29, 0.717) is 0 Å². The molecule has 0 aromatic heterocycles. The van der Waals surface area contributed by atoms with Gasteiger partial charge in [0.05, 0.1) is 17.9 Å². The second-order valence-electron chi connectivity index (χ2n) is 5.87. The average molecular weight is 231 g/mol. The molecule has 4 nitrogen and oxygen atoms in total. The van der Waals surface area contributed by atoms with Crippen molar-refractivity contribution in [2.24, 2.45) is 16.7 Å². The Morgan fingerprint density at radius 3 is 2.67 bits per heavy atom. The van der Waals surface area contributed by atoms with E-state index in [1.54, 1.807) is 0 Å². The molecule has 1 aliphatic heterocycles. The fourth-order valence-corrected chi connectivity index (χ4v) is 6.49. The summed E-state index contributed by atoms with van der Waals surface area (Å²) in [5.41, 5.74) is -0.288. The van der Waals surface area contributed by atoms with Gasteiger partial charge in [-0.15, -0.1) is 0 Å². The van der Waals surface area contributed by atoms with Crippen LogP contribution in [0.3, 0.4) is 0 Å². The molecular formula is C10H17NO3S. The van der Waals surface area contributed by atoms with Crippen molar-refractivity contribution in [3.05, 3.63) is 0 Å². The summed E-state index contributed by atoms with van der Waals surface area (Å²) in [6, 6.07) is -0.240. The third kappa shape index (κ3) is 0.929. The van der Waals surface area contributed by atoms with E-state index in [2.05, 4.69) is 18.6 Å². The number of hydrogen-bond acceptors (Lipinski definition) is 3. The van der Waals surface area contributed by atoms with Gasteiger partial charge in [0.25, 0.3) is 0 Å². The van der Waals surface area contributed by atoms with E-state index in [0.717, 1.165) is 12.8 Å². The topological polar surface area (TPSA) is 66.4 Å².